The summed E-state index contributed by atoms with van der Waals surface area (Å²) in [5.74, 6) is -0.315. The number of hydrogen-bond donors (Lipinski definition) is 2. The summed E-state index contributed by atoms with van der Waals surface area (Å²) in [4.78, 5) is 12.2. The molecule has 3 aromatic rings. The van der Waals surface area contributed by atoms with E-state index in [4.69, 9.17) is 0 Å². The number of hydrogen-bond acceptors (Lipinski definition) is 3. The van der Waals surface area contributed by atoms with Crippen LogP contribution in [0.1, 0.15) is 21.6 Å². The summed E-state index contributed by atoms with van der Waals surface area (Å²) in [5.41, 5.74) is 6.37. The maximum Gasteiger partial charge on any atom is 0.289 e. The first-order valence-corrected chi connectivity index (χ1v) is 7.24. The number of carbonyl (C=O) groups excluding carboxylic acids is 1. The van der Waals surface area contributed by atoms with Crippen molar-refractivity contribution in [3.8, 4) is 11.3 Å². The zero-order chi connectivity index (χ0) is 16.1. The molecule has 114 valence electrons. The highest BCUT2D eigenvalue weighted by molar-refractivity contribution is 5.95. The van der Waals surface area contributed by atoms with Gasteiger partial charge in [-0.3, -0.25) is 9.89 Å². The minimum atomic E-state index is -0.315. The van der Waals surface area contributed by atoms with Crippen molar-refractivity contribution in [2.75, 3.05) is 0 Å². The van der Waals surface area contributed by atoms with Crippen LogP contribution in [0.15, 0.2) is 65.8 Å². The summed E-state index contributed by atoms with van der Waals surface area (Å²) in [6.07, 6.45) is 1.60. The molecule has 0 aliphatic carbocycles. The molecule has 0 saturated heterocycles. The zero-order valence-electron chi connectivity index (χ0n) is 12.7. The Bertz CT molecular complexity index is 823. The molecule has 1 aromatic heterocycles. The Hall–Kier alpha value is -3.21. The molecule has 0 aliphatic heterocycles. The first-order valence-electron chi connectivity index (χ1n) is 7.24. The summed E-state index contributed by atoms with van der Waals surface area (Å²) < 4.78 is 0. The lowest BCUT2D eigenvalue weighted by molar-refractivity contribution is 0.0949. The predicted molar refractivity (Wildman–Crippen MR) is 90.3 cm³/mol. The van der Waals surface area contributed by atoms with Gasteiger partial charge < -0.3 is 0 Å². The highest BCUT2D eigenvalue weighted by Crippen LogP contribution is 2.22. The number of carbonyl (C=O) groups is 1. The van der Waals surface area contributed by atoms with Crippen molar-refractivity contribution in [2.24, 2.45) is 5.10 Å². The minimum Gasteiger partial charge on any atom is -0.272 e. The maximum atomic E-state index is 12.2. The molecule has 3 rings (SSSR count). The Morgan fingerprint density at radius 2 is 1.74 bits per heavy atom. The van der Waals surface area contributed by atoms with E-state index in [1.165, 1.54) is 0 Å². The molecule has 1 heterocycles. The second-order valence-corrected chi connectivity index (χ2v) is 5.05. The molecule has 2 N–H and O–H groups in total. The zero-order valence-corrected chi connectivity index (χ0v) is 12.7. The standard InChI is InChI=1S/C18H16N4O/c1-13-16(15-10-6-3-7-11-15)20-21-17(13)18(23)22-19-12-14-8-4-2-5-9-14/h2-12H,1H3,(H,20,21)(H,22,23)/b19-12+. The molecule has 23 heavy (non-hydrogen) atoms. The smallest absolute Gasteiger partial charge is 0.272 e. The number of hydrazone groups is 1. The van der Waals surface area contributed by atoms with Crippen LogP contribution in [0.5, 0.6) is 0 Å². The third-order valence-corrected chi connectivity index (χ3v) is 3.46. The van der Waals surface area contributed by atoms with Crippen LogP contribution in [0.3, 0.4) is 0 Å². The summed E-state index contributed by atoms with van der Waals surface area (Å²) in [6, 6.07) is 19.3. The fourth-order valence-electron chi connectivity index (χ4n) is 2.26. The third-order valence-electron chi connectivity index (χ3n) is 3.46. The lowest BCUT2D eigenvalue weighted by Gasteiger charge is -2.00. The van der Waals surface area contributed by atoms with Crippen molar-refractivity contribution in [1.29, 1.82) is 0 Å². The lowest BCUT2D eigenvalue weighted by atomic mass is 10.1. The van der Waals surface area contributed by atoms with E-state index in [9.17, 15) is 4.79 Å². The predicted octanol–water partition coefficient (Wildman–Crippen LogP) is 3.15. The minimum absolute atomic E-state index is 0.315. The van der Waals surface area contributed by atoms with Gasteiger partial charge in [0.15, 0.2) is 0 Å². The van der Waals surface area contributed by atoms with Gasteiger partial charge >= 0.3 is 0 Å². The first-order chi connectivity index (χ1) is 11.3. The number of rotatable bonds is 4. The van der Waals surface area contributed by atoms with E-state index in [0.717, 1.165) is 22.4 Å². The van der Waals surface area contributed by atoms with Gasteiger partial charge in [-0.15, -0.1) is 0 Å². The molecule has 5 heteroatoms. The van der Waals surface area contributed by atoms with Crippen LogP contribution in [0.4, 0.5) is 0 Å². The fraction of sp³-hybridized carbons (Fsp3) is 0.0556. The van der Waals surface area contributed by atoms with Crippen molar-refractivity contribution < 1.29 is 4.79 Å². The molecule has 0 radical (unpaired) electrons. The van der Waals surface area contributed by atoms with E-state index in [-0.39, 0.29) is 5.91 Å². The summed E-state index contributed by atoms with van der Waals surface area (Å²) in [6.45, 7) is 1.86. The van der Waals surface area contributed by atoms with Crippen LogP contribution in [-0.4, -0.2) is 22.3 Å². The van der Waals surface area contributed by atoms with E-state index in [0.29, 0.717) is 5.69 Å². The summed E-state index contributed by atoms with van der Waals surface area (Å²) in [5, 5.41) is 11.0. The normalized spacial score (nSPS) is 10.8. The Morgan fingerprint density at radius 3 is 2.43 bits per heavy atom. The highest BCUT2D eigenvalue weighted by atomic mass is 16.2. The molecule has 0 unspecified atom stereocenters. The van der Waals surface area contributed by atoms with Gasteiger partial charge in [-0.25, -0.2) is 5.43 Å². The molecule has 0 fully saturated rings. The van der Waals surface area contributed by atoms with Gasteiger partial charge in [-0.2, -0.15) is 10.2 Å². The molecule has 1 amide bonds. The van der Waals surface area contributed by atoms with Gasteiger partial charge in [-0.05, 0) is 12.5 Å². The number of amides is 1. The Balaban J connectivity index is 1.74. The quantitative estimate of drug-likeness (QED) is 0.574. The van der Waals surface area contributed by atoms with Crippen molar-refractivity contribution in [2.45, 2.75) is 6.92 Å². The lowest BCUT2D eigenvalue weighted by Crippen LogP contribution is -2.19. The van der Waals surface area contributed by atoms with Crippen molar-refractivity contribution in [3.63, 3.8) is 0 Å². The number of aromatic amines is 1. The molecular weight excluding hydrogens is 288 g/mol. The number of nitrogens with one attached hydrogen (secondary N) is 2. The van der Waals surface area contributed by atoms with Crippen molar-refractivity contribution >= 4 is 12.1 Å². The highest BCUT2D eigenvalue weighted by Gasteiger charge is 2.16. The maximum absolute atomic E-state index is 12.2. The largest absolute Gasteiger partial charge is 0.289 e. The van der Waals surface area contributed by atoms with Crippen LogP contribution < -0.4 is 5.43 Å². The van der Waals surface area contributed by atoms with Crippen molar-refractivity contribution in [3.05, 3.63) is 77.5 Å². The van der Waals surface area contributed by atoms with Gasteiger partial charge in [-0.1, -0.05) is 60.7 Å². The van der Waals surface area contributed by atoms with E-state index in [2.05, 4.69) is 20.7 Å². The molecule has 0 atom stereocenters. The number of H-pyrrole nitrogens is 1. The average Bonchev–Trinajstić information content (AvgIpc) is 2.98. The van der Waals surface area contributed by atoms with E-state index >= 15 is 0 Å². The molecule has 5 nitrogen and oxygen atoms in total. The summed E-state index contributed by atoms with van der Waals surface area (Å²) in [7, 11) is 0. The van der Waals surface area contributed by atoms with Crippen LogP contribution >= 0.6 is 0 Å². The second-order valence-electron chi connectivity index (χ2n) is 5.05. The van der Waals surface area contributed by atoms with E-state index < -0.39 is 0 Å². The average molecular weight is 304 g/mol. The van der Waals surface area contributed by atoms with E-state index in [1.807, 2.05) is 67.6 Å². The van der Waals surface area contributed by atoms with Crippen LogP contribution in [-0.2, 0) is 0 Å². The number of aromatic nitrogens is 2. The van der Waals surface area contributed by atoms with Gasteiger partial charge in [0.1, 0.15) is 5.69 Å². The Morgan fingerprint density at radius 1 is 1.09 bits per heavy atom. The van der Waals surface area contributed by atoms with Crippen LogP contribution in [0.25, 0.3) is 11.3 Å². The first kappa shape index (κ1) is 14.7. The van der Waals surface area contributed by atoms with Crippen LogP contribution in [0.2, 0.25) is 0 Å². The SMILES string of the molecule is Cc1c(-c2ccccc2)n[nH]c1C(=O)N/N=C/c1ccccc1. The van der Waals surface area contributed by atoms with Gasteiger partial charge in [0.25, 0.3) is 5.91 Å². The third kappa shape index (κ3) is 3.35. The Kier molecular flexibility index (Phi) is 4.29. The monoisotopic (exact) mass is 304 g/mol. The Labute approximate surface area is 134 Å². The van der Waals surface area contributed by atoms with Crippen LogP contribution in [0, 0.1) is 6.92 Å². The van der Waals surface area contributed by atoms with E-state index in [1.54, 1.807) is 6.21 Å². The molecule has 0 bridgehead atoms. The van der Waals surface area contributed by atoms with Gasteiger partial charge in [0.2, 0.25) is 0 Å². The molecule has 0 aliphatic rings. The van der Waals surface area contributed by atoms with Crippen molar-refractivity contribution in [1.82, 2.24) is 15.6 Å². The molecule has 0 saturated carbocycles. The van der Waals surface area contributed by atoms with Gasteiger partial charge in [0.05, 0.1) is 11.9 Å². The molecule has 0 spiro atoms. The molecular formula is C18H16N4O. The number of nitrogens with zero attached hydrogens (tertiary/aromatic N) is 2. The van der Waals surface area contributed by atoms with Gasteiger partial charge in [0, 0.05) is 11.1 Å². The fourth-order valence-corrected chi connectivity index (χ4v) is 2.26. The summed E-state index contributed by atoms with van der Waals surface area (Å²) >= 11 is 0. The topological polar surface area (TPSA) is 70.1 Å². The second kappa shape index (κ2) is 6.70. The molecule has 2 aromatic carbocycles. The number of benzene rings is 2.